The third kappa shape index (κ3) is 5.73. The minimum absolute atomic E-state index is 0. The highest BCUT2D eigenvalue weighted by atomic mass is 35.5. The van der Waals surface area contributed by atoms with E-state index in [4.69, 9.17) is 0 Å². The lowest BCUT2D eigenvalue weighted by Crippen LogP contribution is -2.36. The topological polar surface area (TPSA) is 87.5 Å². The fourth-order valence-electron chi connectivity index (χ4n) is 3.22. The highest BCUT2D eigenvalue weighted by Gasteiger charge is 2.27. The molecule has 0 spiro atoms. The third-order valence-corrected chi connectivity index (χ3v) is 4.79. The summed E-state index contributed by atoms with van der Waals surface area (Å²) in [6.45, 7) is -1.41. The maximum absolute atomic E-state index is 12.3. The van der Waals surface area contributed by atoms with E-state index in [1.807, 2.05) is 53.9 Å². The van der Waals surface area contributed by atoms with Crippen LogP contribution in [0.3, 0.4) is 0 Å². The lowest BCUT2D eigenvalue weighted by Gasteiger charge is -2.12. The summed E-state index contributed by atoms with van der Waals surface area (Å²) in [7, 11) is 3.80. The number of rotatable bonds is 5. The molecule has 1 aromatic carbocycles. The van der Waals surface area contributed by atoms with Gasteiger partial charge in [0, 0.05) is 43.2 Å². The van der Waals surface area contributed by atoms with E-state index < -0.39 is 18.8 Å². The molecule has 8 nitrogen and oxygen atoms in total. The zero-order valence-electron chi connectivity index (χ0n) is 18.2. The minimum Gasteiger partial charge on any atom is -0.363 e. The Balaban J connectivity index is 0.00000324. The Morgan fingerprint density at radius 1 is 1.06 bits per heavy atom. The average Bonchev–Trinajstić information content (AvgIpc) is 3.21. The van der Waals surface area contributed by atoms with Gasteiger partial charge >= 0.3 is 12.2 Å². The second kappa shape index (κ2) is 9.96. The molecule has 0 bridgehead atoms. The summed E-state index contributed by atoms with van der Waals surface area (Å²) in [4.78, 5) is 26.7. The van der Waals surface area contributed by atoms with Crippen LogP contribution in [0.2, 0.25) is 0 Å². The van der Waals surface area contributed by atoms with Crippen LogP contribution in [0.15, 0.2) is 61.2 Å². The summed E-state index contributed by atoms with van der Waals surface area (Å²) in [5.41, 5.74) is 4.18. The molecule has 34 heavy (non-hydrogen) atoms. The van der Waals surface area contributed by atoms with Gasteiger partial charge in [-0.3, -0.25) is 4.40 Å². The number of anilines is 2. The van der Waals surface area contributed by atoms with Crippen molar-refractivity contribution in [3.8, 4) is 22.5 Å². The monoisotopic (exact) mass is 491 g/mol. The van der Waals surface area contributed by atoms with Crippen molar-refractivity contribution in [2.45, 2.75) is 6.18 Å². The number of fused-ring (bicyclic) bond motifs is 1. The Morgan fingerprint density at radius 2 is 1.85 bits per heavy atom. The van der Waals surface area contributed by atoms with Gasteiger partial charge in [0.05, 0.1) is 17.6 Å². The van der Waals surface area contributed by atoms with E-state index in [0.29, 0.717) is 11.3 Å². The van der Waals surface area contributed by atoms with Gasteiger partial charge in [-0.05, 0) is 24.3 Å². The van der Waals surface area contributed by atoms with Crippen LogP contribution in [0.4, 0.5) is 29.5 Å². The number of hydrogen-bond acceptors (Lipinski definition) is 5. The molecule has 0 fully saturated rings. The van der Waals surface area contributed by atoms with Crippen LogP contribution in [0.1, 0.15) is 0 Å². The molecule has 4 aromatic rings. The first-order valence-electron chi connectivity index (χ1n) is 9.88. The van der Waals surface area contributed by atoms with Gasteiger partial charge in [-0.1, -0.05) is 12.1 Å². The zero-order valence-corrected chi connectivity index (χ0v) is 19.0. The molecule has 3 aromatic heterocycles. The van der Waals surface area contributed by atoms with Gasteiger partial charge in [-0.2, -0.15) is 13.2 Å². The van der Waals surface area contributed by atoms with Crippen LogP contribution in [0.25, 0.3) is 28.2 Å². The summed E-state index contributed by atoms with van der Waals surface area (Å²) >= 11 is 0. The Hall–Kier alpha value is -3.86. The molecule has 2 amide bonds. The van der Waals surface area contributed by atoms with Gasteiger partial charge in [-0.15, -0.1) is 12.4 Å². The average molecular weight is 492 g/mol. The molecule has 0 aliphatic heterocycles. The lowest BCUT2D eigenvalue weighted by atomic mass is 10.1. The molecule has 0 saturated carbocycles. The van der Waals surface area contributed by atoms with Crippen LogP contribution in [0, 0.1) is 0 Å². The number of nitrogens with one attached hydrogen (secondary N) is 2. The van der Waals surface area contributed by atoms with Crippen LogP contribution in [-0.2, 0) is 0 Å². The second-order valence-corrected chi connectivity index (χ2v) is 7.45. The van der Waals surface area contributed by atoms with E-state index in [1.165, 1.54) is 6.33 Å². The quantitative estimate of drug-likeness (QED) is 0.425. The summed E-state index contributed by atoms with van der Waals surface area (Å²) in [5, 5.41) is 4.19. The molecule has 0 atom stereocenters. The number of carbonyl (C=O) groups excluding carboxylic acids is 1. The fraction of sp³-hybridized carbons (Fsp3) is 0.182. The number of urea groups is 1. The number of imidazole rings is 1. The molecule has 0 radical (unpaired) electrons. The number of nitrogens with zero attached hydrogens (tertiary/aromatic N) is 5. The standard InChI is InChI=1S/C22H20F3N7O.ClH/c1-31(2)19-10-17(28-13-29-19)14-6-7-32-18(11-26-20(32)9-14)15-4-3-5-16(8-15)30-21(33)27-12-22(23,24)25;/h3-11,13H,12H2,1-2H3,(H2,27,30,33);1H. The zero-order chi connectivity index (χ0) is 23.6. The van der Waals surface area contributed by atoms with Crippen molar-refractivity contribution in [1.82, 2.24) is 24.7 Å². The Bertz CT molecular complexity index is 1310. The number of halogens is 4. The van der Waals surface area contributed by atoms with Crippen LogP contribution >= 0.6 is 12.4 Å². The van der Waals surface area contributed by atoms with Crippen molar-refractivity contribution < 1.29 is 18.0 Å². The predicted octanol–water partition coefficient (Wildman–Crippen LogP) is 4.63. The van der Waals surface area contributed by atoms with E-state index >= 15 is 0 Å². The normalized spacial score (nSPS) is 11.1. The third-order valence-electron chi connectivity index (χ3n) is 4.79. The second-order valence-electron chi connectivity index (χ2n) is 7.45. The number of benzene rings is 1. The van der Waals surface area contributed by atoms with E-state index in [0.717, 1.165) is 28.3 Å². The van der Waals surface area contributed by atoms with Gasteiger partial charge in [0.15, 0.2) is 0 Å². The van der Waals surface area contributed by atoms with Crippen molar-refractivity contribution in [2.75, 3.05) is 30.9 Å². The van der Waals surface area contributed by atoms with Gasteiger partial charge in [-0.25, -0.2) is 19.7 Å². The van der Waals surface area contributed by atoms with Crippen LogP contribution in [0.5, 0.6) is 0 Å². The first-order chi connectivity index (χ1) is 15.7. The van der Waals surface area contributed by atoms with Gasteiger partial charge < -0.3 is 15.5 Å². The minimum atomic E-state index is -4.48. The van der Waals surface area contributed by atoms with Crippen molar-refractivity contribution >= 4 is 35.6 Å². The summed E-state index contributed by atoms with van der Waals surface area (Å²) < 4.78 is 38.7. The molecular weight excluding hydrogens is 471 g/mol. The maximum atomic E-state index is 12.3. The molecule has 0 aliphatic rings. The first-order valence-corrected chi connectivity index (χ1v) is 9.88. The van der Waals surface area contributed by atoms with Crippen LogP contribution < -0.4 is 15.5 Å². The Kier molecular flexibility index (Phi) is 7.26. The van der Waals surface area contributed by atoms with E-state index in [1.54, 1.807) is 29.7 Å². The molecule has 0 saturated heterocycles. The molecule has 12 heteroatoms. The summed E-state index contributed by atoms with van der Waals surface area (Å²) in [5.74, 6) is 0.785. The van der Waals surface area contributed by atoms with Gasteiger partial charge in [0.1, 0.15) is 24.3 Å². The van der Waals surface area contributed by atoms with Gasteiger partial charge in [0.2, 0.25) is 0 Å². The fourth-order valence-corrected chi connectivity index (χ4v) is 3.22. The van der Waals surface area contributed by atoms with E-state index in [9.17, 15) is 18.0 Å². The van der Waals surface area contributed by atoms with Crippen molar-refractivity contribution in [2.24, 2.45) is 0 Å². The molecule has 4 rings (SSSR count). The Labute approximate surface area is 199 Å². The maximum Gasteiger partial charge on any atom is 0.405 e. The predicted molar refractivity (Wildman–Crippen MR) is 126 cm³/mol. The van der Waals surface area contributed by atoms with Gasteiger partial charge in [0.25, 0.3) is 0 Å². The highest BCUT2D eigenvalue weighted by Crippen LogP contribution is 2.27. The smallest absolute Gasteiger partial charge is 0.363 e. The number of aromatic nitrogens is 4. The largest absolute Gasteiger partial charge is 0.405 e. The summed E-state index contributed by atoms with van der Waals surface area (Å²) in [6, 6.07) is 11.5. The first kappa shape index (κ1) is 24.8. The van der Waals surface area contributed by atoms with Crippen molar-refractivity contribution in [1.29, 1.82) is 0 Å². The molecule has 178 valence electrons. The molecule has 0 aliphatic carbocycles. The number of pyridine rings is 1. The number of carbonyl (C=O) groups is 1. The number of amides is 2. The molecule has 3 heterocycles. The van der Waals surface area contributed by atoms with Crippen molar-refractivity contribution in [3.05, 3.63) is 61.2 Å². The highest BCUT2D eigenvalue weighted by molar-refractivity contribution is 5.90. The molecule has 0 unspecified atom stereocenters. The Morgan fingerprint density at radius 3 is 2.59 bits per heavy atom. The molecule has 2 N–H and O–H groups in total. The number of alkyl halides is 3. The molecular formula is C22H21ClF3N7O. The lowest BCUT2D eigenvalue weighted by molar-refractivity contribution is -0.122. The number of hydrogen-bond donors (Lipinski definition) is 2. The van der Waals surface area contributed by atoms with E-state index in [-0.39, 0.29) is 12.4 Å². The van der Waals surface area contributed by atoms with Crippen molar-refractivity contribution in [3.63, 3.8) is 0 Å². The van der Waals surface area contributed by atoms with E-state index in [2.05, 4.69) is 20.3 Å². The van der Waals surface area contributed by atoms with Crippen LogP contribution in [-0.4, -0.2) is 52.2 Å². The summed E-state index contributed by atoms with van der Waals surface area (Å²) in [6.07, 6.45) is 0.581. The SMILES string of the molecule is CN(C)c1cc(-c2ccn3c(-c4cccc(NC(=O)NCC(F)(F)F)c4)cnc3c2)ncn1.Cl.